The first-order valence-electron chi connectivity index (χ1n) is 7.41. The Bertz CT molecular complexity index is 1020. The SMILES string of the molecule is Cc1c(C#Cc2nc(C(N)=O)n(-c3cccnc3)c2C)ccnc1Cl. The van der Waals surface area contributed by atoms with Crippen molar-refractivity contribution in [1.82, 2.24) is 19.5 Å². The van der Waals surface area contributed by atoms with Crippen molar-refractivity contribution in [3.63, 3.8) is 0 Å². The molecule has 0 unspecified atom stereocenters. The molecule has 3 rings (SSSR count). The Morgan fingerprint density at radius 2 is 2.04 bits per heavy atom. The van der Waals surface area contributed by atoms with Crippen LogP contribution < -0.4 is 5.73 Å². The summed E-state index contributed by atoms with van der Waals surface area (Å²) in [6, 6.07) is 5.36. The fourth-order valence-corrected chi connectivity index (χ4v) is 2.52. The van der Waals surface area contributed by atoms with E-state index in [1.165, 1.54) is 0 Å². The van der Waals surface area contributed by atoms with Gasteiger partial charge in [0.1, 0.15) is 10.8 Å². The first-order valence-corrected chi connectivity index (χ1v) is 7.79. The van der Waals surface area contributed by atoms with Gasteiger partial charge < -0.3 is 5.73 Å². The molecule has 0 aliphatic rings. The van der Waals surface area contributed by atoms with Gasteiger partial charge in [-0.3, -0.25) is 14.3 Å². The van der Waals surface area contributed by atoms with E-state index in [1.54, 1.807) is 35.3 Å². The summed E-state index contributed by atoms with van der Waals surface area (Å²) in [5, 5.41) is 0.405. The molecule has 0 atom stereocenters. The number of halogens is 1. The molecule has 0 saturated heterocycles. The summed E-state index contributed by atoms with van der Waals surface area (Å²) in [7, 11) is 0. The minimum atomic E-state index is -0.636. The zero-order valence-electron chi connectivity index (χ0n) is 13.6. The molecule has 25 heavy (non-hydrogen) atoms. The van der Waals surface area contributed by atoms with Gasteiger partial charge >= 0.3 is 0 Å². The van der Waals surface area contributed by atoms with Crippen molar-refractivity contribution in [2.24, 2.45) is 5.73 Å². The van der Waals surface area contributed by atoms with Crippen molar-refractivity contribution in [3.8, 4) is 17.5 Å². The predicted octanol–water partition coefficient (Wildman–Crippen LogP) is 2.43. The third kappa shape index (κ3) is 3.23. The molecule has 124 valence electrons. The molecule has 0 spiro atoms. The van der Waals surface area contributed by atoms with Crippen LogP contribution in [0.1, 0.15) is 33.1 Å². The molecule has 1 amide bonds. The number of imidazole rings is 1. The van der Waals surface area contributed by atoms with E-state index in [0.29, 0.717) is 22.2 Å². The second-order valence-corrected chi connectivity index (χ2v) is 5.66. The normalized spacial score (nSPS) is 10.2. The van der Waals surface area contributed by atoms with Gasteiger partial charge in [-0.25, -0.2) is 9.97 Å². The molecule has 2 N–H and O–H groups in total. The van der Waals surface area contributed by atoms with Gasteiger partial charge in [-0.2, -0.15) is 0 Å². The smallest absolute Gasteiger partial charge is 0.285 e. The molecule has 0 fully saturated rings. The number of nitrogens with zero attached hydrogens (tertiary/aromatic N) is 4. The first-order chi connectivity index (χ1) is 12.0. The van der Waals surface area contributed by atoms with Crippen molar-refractivity contribution in [3.05, 3.63) is 70.3 Å². The molecule has 0 radical (unpaired) electrons. The summed E-state index contributed by atoms with van der Waals surface area (Å²) in [5.74, 6) is 5.48. The summed E-state index contributed by atoms with van der Waals surface area (Å²) in [6.45, 7) is 3.66. The second-order valence-electron chi connectivity index (χ2n) is 5.30. The van der Waals surface area contributed by atoms with E-state index in [-0.39, 0.29) is 5.82 Å². The molecule has 0 saturated carbocycles. The van der Waals surface area contributed by atoms with Crippen LogP contribution in [0.3, 0.4) is 0 Å². The van der Waals surface area contributed by atoms with Crippen LogP contribution in [0, 0.1) is 25.7 Å². The molecule has 3 aromatic heterocycles. The van der Waals surface area contributed by atoms with Gasteiger partial charge in [-0.1, -0.05) is 17.5 Å². The fraction of sp³-hybridized carbons (Fsp3) is 0.111. The lowest BCUT2D eigenvalue weighted by atomic mass is 10.1. The van der Waals surface area contributed by atoms with Crippen LogP contribution in [0.5, 0.6) is 0 Å². The van der Waals surface area contributed by atoms with E-state index in [2.05, 4.69) is 26.8 Å². The molecule has 0 aliphatic heterocycles. The summed E-state index contributed by atoms with van der Waals surface area (Å²) >= 11 is 6.01. The van der Waals surface area contributed by atoms with Gasteiger partial charge in [-0.15, -0.1) is 0 Å². The van der Waals surface area contributed by atoms with Crippen molar-refractivity contribution in [2.45, 2.75) is 13.8 Å². The number of carbonyl (C=O) groups excluding carboxylic acids is 1. The van der Waals surface area contributed by atoms with Gasteiger partial charge in [0, 0.05) is 23.5 Å². The van der Waals surface area contributed by atoms with Crippen LogP contribution in [0.25, 0.3) is 5.69 Å². The number of primary amides is 1. The highest BCUT2D eigenvalue weighted by Gasteiger charge is 2.18. The average molecular weight is 352 g/mol. The minimum Gasteiger partial charge on any atom is -0.363 e. The van der Waals surface area contributed by atoms with E-state index in [1.807, 2.05) is 19.9 Å². The largest absolute Gasteiger partial charge is 0.363 e. The van der Waals surface area contributed by atoms with Gasteiger partial charge in [0.2, 0.25) is 5.82 Å². The highest BCUT2D eigenvalue weighted by atomic mass is 35.5. The lowest BCUT2D eigenvalue weighted by Crippen LogP contribution is -2.18. The van der Waals surface area contributed by atoms with E-state index < -0.39 is 5.91 Å². The van der Waals surface area contributed by atoms with Crippen LogP contribution in [-0.4, -0.2) is 25.4 Å². The number of nitrogens with two attached hydrogens (primary N) is 1. The Morgan fingerprint density at radius 1 is 1.24 bits per heavy atom. The summed E-state index contributed by atoms with van der Waals surface area (Å²) in [4.78, 5) is 24.1. The number of rotatable bonds is 2. The topological polar surface area (TPSA) is 86.7 Å². The van der Waals surface area contributed by atoms with Crippen molar-refractivity contribution >= 4 is 17.5 Å². The first kappa shape index (κ1) is 16.7. The Morgan fingerprint density at radius 3 is 2.72 bits per heavy atom. The molecule has 3 aromatic rings. The number of aromatic nitrogens is 4. The van der Waals surface area contributed by atoms with E-state index in [4.69, 9.17) is 17.3 Å². The molecular formula is C18H14ClN5O. The van der Waals surface area contributed by atoms with Crippen molar-refractivity contribution in [1.29, 1.82) is 0 Å². The zero-order chi connectivity index (χ0) is 18.0. The lowest BCUT2D eigenvalue weighted by molar-refractivity contribution is 0.0988. The van der Waals surface area contributed by atoms with Crippen LogP contribution >= 0.6 is 11.6 Å². The Kier molecular flexibility index (Phi) is 4.50. The number of carbonyl (C=O) groups is 1. The maximum absolute atomic E-state index is 11.8. The summed E-state index contributed by atoms with van der Waals surface area (Å²) < 4.78 is 1.64. The van der Waals surface area contributed by atoms with Crippen LogP contribution in [0.15, 0.2) is 36.8 Å². The van der Waals surface area contributed by atoms with Gasteiger partial charge in [0.15, 0.2) is 0 Å². The van der Waals surface area contributed by atoms with E-state index in [0.717, 1.165) is 11.1 Å². The molecular weight excluding hydrogens is 338 g/mol. The third-order valence-electron chi connectivity index (χ3n) is 3.69. The molecule has 0 aromatic carbocycles. The zero-order valence-corrected chi connectivity index (χ0v) is 14.4. The highest BCUT2D eigenvalue weighted by Crippen LogP contribution is 2.18. The molecule has 6 nitrogen and oxygen atoms in total. The fourth-order valence-electron chi connectivity index (χ4n) is 2.36. The average Bonchev–Trinajstić information content (AvgIpc) is 2.94. The summed E-state index contributed by atoms with van der Waals surface area (Å²) in [5.41, 5.74) is 8.86. The van der Waals surface area contributed by atoms with E-state index >= 15 is 0 Å². The Hall–Kier alpha value is -3.17. The molecule has 7 heteroatoms. The van der Waals surface area contributed by atoms with Gasteiger partial charge in [-0.05, 0) is 38.0 Å². The van der Waals surface area contributed by atoms with Gasteiger partial charge in [0.05, 0.1) is 17.6 Å². The Labute approximate surface area is 149 Å². The second kappa shape index (κ2) is 6.75. The third-order valence-corrected chi connectivity index (χ3v) is 4.07. The van der Waals surface area contributed by atoms with Crippen LogP contribution in [0.2, 0.25) is 5.15 Å². The highest BCUT2D eigenvalue weighted by molar-refractivity contribution is 6.30. The van der Waals surface area contributed by atoms with Crippen molar-refractivity contribution in [2.75, 3.05) is 0 Å². The number of hydrogen-bond acceptors (Lipinski definition) is 4. The summed E-state index contributed by atoms with van der Waals surface area (Å²) in [6.07, 6.45) is 4.87. The van der Waals surface area contributed by atoms with Gasteiger partial charge in [0.25, 0.3) is 5.91 Å². The monoisotopic (exact) mass is 351 g/mol. The molecule has 0 aliphatic carbocycles. The van der Waals surface area contributed by atoms with Crippen LogP contribution in [0.4, 0.5) is 0 Å². The maximum atomic E-state index is 11.8. The minimum absolute atomic E-state index is 0.110. The number of pyridine rings is 2. The quantitative estimate of drug-likeness (QED) is 0.567. The standard InChI is InChI=1S/C18H14ClN5O/c1-11-13(7-9-22-16(11)19)5-6-15-12(2)24(18(23-15)17(20)25)14-4-3-8-21-10-14/h3-4,7-10H,1-2H3,(H2,20,25). The maximum Gasteiger partial charge on any atom is 0.285 e. The predicted molar refractivity (Wildman–Crippen MR) is 94.6 cm³/mol. The molecule has 0 bridgehead atoms. The number of amides is 1. The van der Waals surface area contributed by atoms with Crippen LogP contribution in [-0.2, 0) is 0 Å². The lowest BCUT2D eigenvalue weighted by Gasteiger charge is -2.06. The molecule has 3 heterocycles. The van der Waals surface area contributed by atoms with Crippen molar-refractivity contribution < 1.29 is 4.79 Å². The Balaban J connectivity index is 2.12. The van der Waals surface area contributed by atoms with E-state index in [9.17, 15) is 4.79 Å². The number of hydrogen-bond donors (Lipinski definition) is 1.